The van der Waals surface area contributed by atoms with E-state index >= 15 is 0 Å². The number of fused-ring (bicyclic) bond motifs is 1. The van der Waals surface area contributed by atoms with Crippen molar-refractivity contribution in [2.24, 2.45) is 5.41 Å². The lowest BCUT2D eigenvalue weighted by atomic mass is 9.65. The van der Waals surface area contributed by atoms with Crippen LogP contribution in [0.3, 0.4) is 0 Å². The van der Waals surface area contributed by atoms with E-state index in [-0.39, 0.29) is 11.7 Å². The van der Waals surface area contributed by atoms with Crippen LogP contribution >= 0.6 is 0 Å². The first kappa shape index (κ1) is 9.86. The molecule has 3 atom stereocenters. The Kier molecular flexibility index (Phi) is 2.02. The molecular formula is C13H20O2. The standard InChI is InChI=1S/C13H20O2/c1-15-13-7-6-12(9-13)5-3-2-4-10(12)8-11(13)14/h8,11,14H,2-7,9H2,1H3/t11-,12-,13-/m1/s1. The highest BCUT2D eigenvalue weighted by Gasteiger charge is 2.56. The fourth-order valence-corrected chi connectivity index (χ4v) is 4.04. The van der Waals surface area contributed by atoms with Gasteiger partial charge in [0.25, 0.3) is 0 Å². The minimum absolute atomic E-state index is 0.249. The molecule has 0 saturated heterocycles. The van der Waals surface area contributed by atoms with Crippen LogP contribution in [0.1, 0.15) is 44.9 Å². The van der Waals surface area contributed by atoms with Crippen LogP contribution in [0.5, 0.6) is 0 Å². The molecule has 2 bridgehead atoms. The monoisotopic (exact) mass is 208 g/mol. The van der Waals surface area contributed by atoms with Gasteiger partial charge in [-0.3, -0.25) is 0 Å². The van der Waals surface area contributed by atoms with Crippen LogP contribution in [-0.2, 0) is 4.74 Å². The topological polar surface area (TPSA) is 29.5 Å². The summed E-state index contributed by atoms with van der Waals surface area (Å²) < 4.78 is 5.63. The number of hydrogen-bond donors (Lipinski definition) is 1. The summed E-state index contributed by atoms with van der Waals surface area (Å²) in [5, 5.41) is 10.2. The number of rotatable bonds is 1. The van der Waals surface area contributed by atoms with Gasteiger partial charge in [-0.15, -0.1) is 0 Å². The van der Waals surface area contributed by atoms with Crippen molar-refractivity contribution < 1.29 is 9.84 Å². The molecule has 0 aromatic rings. The van der Waals surface area contributed by atoms with Gasteiger partial charge < -0.3 is 9.84 Å². The summed E-state index contributed by atoms with van der Waals surface area (Å²) in [7, 11) is 1.75. The van der Waals surface area contributed by atoms with E-state index in [4.69, 9.17) is 4.74 Å². The lowest BCUT2D eigenvalue weighted by molar-refractivity contribution is -0.0906. The summed E-state index contributed by atoms with van der Waals surface area (Å²) in [5.41, 5.74) is 1.69. The van der Waals surface area contributed by atoms with Crippen molar-refractivity contribution >= 4 is 0 Å². The second kappa shape index (κ2) is 3.08. The largest absolute Gasteiger partial charge is 0.386 e. The molecule has 3 aliphatic carbocycles. The van der Waals surface area contributed by atoms with E-state index in [2.05, 4.69) is 6.08 Å². The Balaban J connectivity index is 2.02. The predicted octanol–water partition coefficient (Wildman–Crippen LogP) is 2.42. The molecule has 0 aromatic carbocycles. The first-order valence-electron chi connectivity index (χ1n) is 6.15. The van der Waals surface area contributed by atoms with Crippen molar-refractivity contribution in [2.75, 3.05) is 7.11 Å². The van der Waals surface area contributed by atoms with Gasteiger partial charge in [-0.05, 0) is 43.9 Å². The van der Waals surface area contributed by atoms with Crippen molar-refractivity contribution in [1.29, 1.82) is 0 Å². The zero-order chi connectivity index (χ0) is 10.5. The fourth-order valence-electron chi connectivity index (χ4n) is 4.04. The summed E-state index contributed by atoms with van der Waals surface area (Å²) in [6.45, 7) is 0. The lowest BCUT2D eigenvalue weighted by Crippen LogP contribution is -2.45. The van der Waals surface area contributed by atoms with Crippen LogP contribution in [-0.4, -0.2) is 23.9 Å². The normalized spacial score (nSPS) is 48.7. The van der Waals surface area contributed by atoms with Crippen molar-refractivity contribution in [3.63, 3.8) is 0 Å². The number of ether oxygens (including phenoxy) is 1. The quantitative estimate of drug-likeness (QED) is 0.671. The maximum atomic E-state index is 10.2. The predicted molar refractivity (Wildman–Crippen MR) is 58.6 cm³/mol. The summed E-state index contributed by atoms with van der Waals surface area (Å²) in [6.07, 6.45) is 10.2. The van der Waals surface area contributed by atoms with Crippen LogP contribution < -0.4 is 0 Å². The minimum atomic E-state index is -0.369. The molecule has 3 rings (SSSR count). The molecule has 0 aromatic heterocycles. The molecule has 1 N–H and O–H groups in total. The van der Waals surface area contributed by atoms with E-state index in [1.807, 2.05) is 0 Å². The van der Waals surface area contributed by atoms with Crippen LogP contribution in [0.2, 0.25) is 0 Å². The van der Waals surface area contributed by atoms with Crippen LogP contribution in [0.4, 0.5) is 0 Å². The van der Waals surface area contributed by atoms with Gasteiger partial charge in [0.15, 0.2) is 0 Å². The molecule has 0 heterocycles. The van der Waals surface area contributed by atoms with Crippen LogP contribution in [0, 0.1) is 5.41 Å². The first-order chi connectivity index (χ1) is 7.21. The zero-order valence-corrected chi connectivity index (χ0v) is 9.46. The molecule has 0 aliphatic heterocycles. The van der Waals surface area contributed by atoms with Gasteiger partial charge in [-0.1, -0.05) is 18.1 Å². The SMILES string of the molecule is CO[C@@]12CC[C@]3(CCCCC3=C[C@H]1O)C2. The van der Waals surface area contributed by atoms with Gasteiger partial charge in [0, 0.05) is 7.11 Å². The molecule has 0 unspecified atom stereocenters. The number of allylic oxidation sites excluding steroid dienone is 1. The Labute approximate surface area is 91.3 Å². The minimum Gasteiger partial charge on any atom is -0.386 e. The third-order valence-electron chi connectivity index (χ3n) is 5.00. The van der Waals surface area contributed by atoms with Crippen molar-refractivity contribution in [3.8, 4) is 0 Å². The molecule has 0 radical (unpaired) electrons. The fraction of sp³-hybridized carbons (Fsp3) is 0.846. The number of methoxy groups -OCH3 is 1. The zero-order valence-electron chi connectivity index (χ0n) is 9.46. The summed E-state index contributed by atoms with van der Waals surface area (Å²) in [5.74, 6) is 0. The van der Waals surface area contributed by atoms with Gasteiger partial charge in [-0.2, -0.15) is 0 Å². The maximum Gasteiger partial charge on any atom is 0.101 e. The summed E-state index contributed by atoms with van der Waals surface area (Å²) in [6, 6.07) is 0. The van der Waals surface area contributed by atoms with Gasteiger partial charge in [0.1, 0.15) is 6.10 Å². The third-order valence-corrected chi connectivity index (χ3v) is 5.00. The molecule has 15 heavy (non-hydrogen) atoms. The van der Waals surface area contributed by atoms with Gasteiger partial charge >= 0.3 is 0 Å². The molecular weight excluding hydrogens is 188 g/mol. The van der Waals surface area contributed by atoms with Crippen molar-refractivity contribution in [2.45, 2.75) is 56.7 Å². The maximum absolute atomic E-state index is 10.2. The Morgan fingerprint density at radius 1 is 1.33 bits per heavy atom. The average molecular weight is 208 g/mol. The number of aliphatic hydroxyl groups excluding tert-OH is 1. The van der Waals surface area contributed by atoms with Crippen molar-refractivity contribution in [3.05, 3.63) is 11.6 Å². The average Bonchev–Trinajstić information content (AvgIpc) is 2.59. The molecule has 2 fully saturated rings. The third kappa shape index (κ3) is 1.18. The van der Waals surface area contributed by atoms with E-state index in [0.717, 1.165) is 12.8 Å². The molecule has 84 valence electrons. The second-order valence-electron chi connectivity index (χ2n) is 5.57. The number of aliphatic hydroxyl groups is 1. The first-order valence-corrected chi connectivity index (χ1v) is 6.15. The van der Waals surface area contributed by atoms with Crippen LogP contribution in [0.25, 0.3) is 0 Å². The van der Waals surface area contributed by atoms with Crippen molar-refractivity contribution in [1.82, 2.24) is 0 Å². The molecule has 1 spiro atoms. The van der Waals surface area contributed by atoms with Gasteiger partial charge in [-0.25, -0.2) is 0 Å². The molecule has 2 heteroatoms. The highest BCUT2D eigenvalue weighted by atomic mass is 16.5. The Morgan fingerprint density at radius 3 is 3.00 bits per heavy atom. The van der Waals surface area contributed by atoms with E-state index in [1.54, 1.807) is 7.11 Å². The Bertz CT molecular complexity index is 310. The molecule has 0 amide bonds. The Morgan fingerprint density at radius 2 is 2.20 bits per heavy atom. The van der Waals surface area contributed by atoms with E-state index in [0.29, 0.717) is 5.41 Å². The number of hydrogen-bond acceptors (Lipinski definition) is 2. The van der Waals surface area contributed by atoms with E-state index in [1.165, 1.54) is 37.7 Å². The Hall–Kier alpha value is -0.340. The summed E-state index contributed by atoms with van der Waals surface area (Å²) in [4.78, 5) is 0. The van der Waals surface area contributed by atoms with Gasteiger partial charge in [0.2, 0.25) is 0 Å². The summed E-state index contributed by atoms with van der Waals surface area (Å²) >= 11 is 0. The molecule has 3 aliphatic rings. The highest BCUT2D eigenvalue weighted by molar-refractivity contribution is 5.30. The highest BCUT2D eigenvalue weighted by Crippen LogP contribution is 2.60. The van der Waals surface area contributed by atoms with E-state index in [9.17, 15) is 5.11 Å². The molecule has 2 saturated carbocycles. The van der Waals surface area contributed by atoms with Crippen LogP contribution in [0.15, 0.2) is 11.6 Å². The lowest BCUT2D eigenvalue weighted by Gasteiger charge is -2.44. The second-order valence-corrected chi connectivity index (χ2v) is 5.57. The molecule has 2 nitrogen and oxygen atoms in total. The van der Waals surface area contributed by atoms with Gasteiger partial charge in [0.05, 0.1) is 5.60 Å². The van der Waals surface area contributed by atoms with E-state index < -0.39 is 0 Å². The smallest absolute Gasteiger partial charge is 0.101 e.